The summed E-state index contributed by atoms with van der Waals surface area (Å²) in [5.74, 6) is 0. The van der Waals surface area contributed by atoms with Gasteiger partial charge in [-0.3, -0.25) is 4.79 Å². The summed E-state index contributed by atoms with van der Waals surface area (Å²) >= 11 is 1.43. The predicted octanol–water partition coefficient (Wildman–Crippen LogP) is 2.83. The van der Waals surface area contributed by atoms with E-state index in [9.17, 15) is 4.79 Å². The Labute approximate surface area is 121 Å². The van der Waals surface area contributed by atoms with Crippen LogP contribution in [0.25, 0.3) is 10.6 Å². The van der Waals surface area contributed by atoms with Crippen molar-refractivity contribution >= 4 is 16.5 Å². The highest BCUT2D eigenvalue weighted by molar-refractivity contribution is 7.18. The number of nitrogens with zero attached hydrogens (tertiary/aromatic N) is 3. The molecule has 0 aromatic carbocycles. The molecule has 0 radical (unpaired) electrons. The van der Waals surface area contributed by atoms with E-state index in [-0.39, 0.29) is 5.56 Å². The maximum absolute atomic E-state index is 12.6. The molecule has 20 heavy (non-hydrogen) atoms. The van der Waals surface area contributed by atoms with Gasteiger partial charge in [-0.15, -0.1) is 10.2 Å². The summed E-state index contributed by atoms with van der Waals surface area (Å²) in [5, 5.41) is 12.9. The summed E-state index contributed by atoms with van der Waals surface area (Å²) < 4.78 is 1.90. The van der Waals surface area contributed by atoms with Crippen LogP contribution in [0.5, 0.6) is 0 Å². The lowest BCUT2D eigenvalue weighted by molar-refractivity contribution is 0.683. The molecule has 0 amide bonds. The highest BCUT2D eigenvalue weighted by atomic mass is 32.1. The van der Waals surface area contributed by atoms with Crippen LogP contribution in [-0.2, 0) is 0 Å². The van der Waals surface area contributed by atoms with E-state index in [2.05, 4.69) is 15.5 Å². The Bertz CT molecular complexity index is 685. The van der Waals surface area contributed by atoms with Crippen LogP contribution in [0, 0.1) is 6.92 Å². The van der Waals surface area contributed by atoms with Crippen LogP contribution in [-0.4, -0.2) is 20.8 Å². The van der Waals surface area contributed by atoms with E-state index in [0.29, 0.717) is 22.7 Å². The number of aromatic nitrogens is 3. The van der Waals surface area contributed by atoms with E-state index in [1.807, 2.05) is 37.5 Å². The van der Waals surface area contributed by atoms with Crippen LogP contribution in [0.1, 0.15) is 38.4 Å². The second-order valence-corrected chi connectivity index (χ2v) is 6.48. The van der Waals surface area contributed by atoms with Crippen LogP contribution >= 0.6 is 11.3 Å². The predicted molar refractivity (Wildman–Crippen MR) is 81.4 cm³/mol. The van der Waals surface area contributed by atoms with Gasteiger partial charge in [-0.1, -0.05) is 11.3 Å². The summed E-state index contributed by atoms with van der Waals surface area (Å²) in [6.07, 6.45) is 2.20. The lowest BCUT2D eigenvalue weighted by Gasteiger charge is -2.09. The fraction of sp³-hybridized carbons (Fsp3) is 0.500. The van der Waals surface area contributed by atoms with Gasteiger partial charge in [0.1, 0.15) is 0 Å². The lowest BCUT2D eigenvalue weighted by Crippen LogP contribution is -2.22. The van der Waals surface area contributed by atoms with E-state index in [0.717, 1.165) is 23.7 Å². The SMILES string of the molecule is Cc1ccc(-c2nnc(NC(C)C)s2)c(=O)n1C1CC1. The summed E-state index contributed by atoms with van der Waals surface area (Å²) in [6, 6.07) is 4.53. The third-order valence-electron chi connectivity index (χ3n) is 3.30. The molecule has 1 aliphatic carbocycles. The van der Waals surface area contributed by atoms with E-state index < -0.39 is 0 Å². The zero-order valence-corrected chi connectivity index (χ0v) is 12.7. The van der Waals surface area contributed by atoms with Gasteiger partial charge in [-0.25, -0.2) is 0 Å². The summed E-state index contributed by atoms with van der Waals surface area (Å²) in [4.78, 5) is 12.6. The van der Waals surface area contributed by atoms with E-state index in [1.54, 1.807) is 0 Å². The molecule has 0 unspecified atom stereocenters. The van der Waals surface area contributed by atoms with Gasteiger partial charge >= 0.3 is 0 Å². The van der Waals surface area contributed by atoms with Crippen molar-refractivity contribution in [2.75, 3.05) is 5.32 Å². The number of rotatable bonds is 4. The van der Waals surface area contributed by atoms with E-state index in [4.69, 9.17) is 0 Å². The van der Waals surface area contributed by atoms with Crippen molar-refractivity contribution in [1.82, 2.24) is 14.8 Å². The minimum Gasteiger partial charge on any atom is -0.358 e. The Kier molecular flexibility index (Phi) is 3.33. The molecule has 2 heterocycles. The smallest absolute Gasteiger partial charge is 0.261 e. The Morgan fingerprint density at radius 3 is 2.75 bits per heavy atom. The number of aryl methyl sites for hydroxylation is 1. The average molecular weight is 290 g/mol. The number of hydrogen-bond acceptors (Lipinski definition) is 5. The zero-order valence-electron chi connectivity index (χ0n) is 11.9. The Morgan fingerprint density at radius 2 is 2.10 bits per heavy atom. The molecule has 2 aromatic rings. The maximum Gasteiger partial charge on any atom is 0.261 e. The minimum atomic E-state index is 0.0553. The quantitative estimate of drug-likeness (QED) is 0.940. The van der Waals surface area contributed by atoms with Crippen molar-refractivity contribution in [3.8, 4) is 10.6 Å². The van der Waals surface area contributed by atoms with Gasteiger partial charge in [-0.05, 0) is 45.7 Å². The third-order valence-corrected chi connectivity index (χ3v) is 4.19. The van der Waals surface area contributed by atoms with Crippen LogP contribution in [0.2, 0.25) is 0 Å². The summed E-state index contributed by atoms with van der Waals surface area (Å²) in [5.41, 5.74) is 1.72. The molecule has 3 rings (SSSR count). The molecule has 1 N–H and O–H groups in total. The molecule has 106 valence electrons. The first kappa shape index (κ1) is 13.3. The molecule has 0 saturated heterocycles. The summed E-state index contributed by atoms with van der Waals surface area (Å²) in [7, 11) is 0. The highest BCUT2D eigenvalue weighted by Crippen LogP contribution is 2.35. The van der Waals surface area contributed by atoms with Crippen molar-refractivity contribution < 1.29 is 0 Å². The number of pyridine rings is 1. The summed E-state index contributed by atoms with van der Waals surface area (Å²) in [6.45, 7) is 6.08. The number of nitrogens with one attached hydrogen (secondary N) is 1. The molecule has 1 fully saturated rings. The first-order valence-electron chi connectivity index (χ1n) is 6.89. The lowest BCUT2D eigenvalue weighted by atomic mass is 10.2. The molecule has 2 aromatic heterocycles. The minimum absolute atomic E-state index is 0.0553. The first-order valence-corrected chi connectivity index (χ1v) is 7.70. The molecule has 0 spiro atoms. The Morgan fingerprint density at radius 1 is 1.35 bits per heavy atom. The number of hydrogen-bond donors (Lipinski definition) is 1. The normalized spacial score (nSPS) is 14.8. The first-order chi connectivity index (χ1) is 9.56. The van der Waals surface area contributed by atoms with Gasteiger partial charge < -0.3 is 9.88 Å². The number of anilines is 1. The van der Waals surface area contributed by atoms with Crippen molar-refractivity contribution in [2.45, 2.75) is 45.7 Å². The van der Waals surface area contributed by atoms with Crippen molar-refractivity contribution in [1.29, 1.82) is 0 Å². The molecule has 5 nitrogen and oxygen atoms in total. The molecule has 1 aliphatic rings. The maximum atomic E-state index is 12.6. The highest BCUT2D eigenvalue weighted by Gasteiger charge is 2.27. The van der Waals surface area contributed by atoms with Gasteiger partial charge in [-0.2, -0.15) is 0 Å². The van der Waals surface area contributed by atoms with Crippen molar-refractivity contribution in [3.05, 3.63) is 28.2 Å². The second kappa shape index (κ2) is 5.01. The standard InChI is InChI=1S/C14H18N4OS/c1-8(2)15-14-17-16-12(20-14)11-7-4-9(3)18(13(11)19)10-5-6-10/h4,7-8,10H,5-6H2,1-3H3,(H,15,17). The van der Waals surface area contributed by atoms with Gasteiger partial charge in [0.05, 0.1) is 5.56 Å². The van der Waals surface area contributed by atoms with Gasteiger partial charge in [0.15, 0.2) is 5.01 Å². The van der Waals surface area contributed by atoms with Crippen LogP contribution in [0.3, 0.4) is 0 Å². The van der Waals surface area contributed by atoms with E-state index in [1.165, 1.54) is 11.3 Å². The molecule has 0 bridgehead atoms. The van der Waals surface area contributed by atoms with Gasteiger partial charge in [0, 0.05) is 17.8 Å². The molecule has 0 aliphatic heterocycles. The third kappa shape index (κ3) is 2.47. The monoisotopic (exact) mass is 290 g/mol. The van der Waals surface area contributed by atoms with E-state index >= 15 is 0 Å². The molecular weight excluding hydrogens is 272 g/mol. The fourth-order valence-corrected chi connectivity index (χ4v) is 3.14. The molecular formula is C14H18N4OS. The van der Waals surface area contributed by atoms with Crippen LogP contribution < -0.4 is 10.9 Å². The Hall–Kier alpha value is -1.69. The molecule has 6 heteroatoms. The molecule has 0 atom stereocenters. The average Bonchev–Trinajstić information content (AvgIpc) is 3.10. The van der Waals surface area contributed by atoms with Crippen molar-refractivity contribution in [3.63, 3.8) is 0 Å². The van der Waals surface area contributed by atoms with Gasteiger partial charge in [0.2, 0.25) is 5.13 Å². The van der Waals surface area contributed by atoms with Gasteiger partial charge in [0.25, 0.3) is 5.56 Å². The fourth-order valence-electron chi connectivity index (χ4n) is 2.23. The van der Waals surface area contributed by atoms with Crippen molar-refractivity contribution in [2.24, 2.45) is 0 Å². The molecule has 1 saturated carbocycles. The largest absolute Gasteiger partial charge is 0.358 e. The topological polar surface area (TPSA) is 59.8 Å². The second-order valence-electron chi connectivity index (χ2n) is 5.51. The zero-order chi connectivity index (χ0) is 14.3. The van der Waals surface area contributed by atoms with Crippen LogP contribution in [0.15, 0.2) is 16.9 Å². The van der Waals surface area contributed by atoms with Crippen LogP contribution in [0.4, 0.5) is 5.13 Å². The Balaban J connectivity index is 2.00.